The standard InChI is InChI=1S/C10H10N2O2/c1-7-4-2-3-5-8(7)14-10-12-9(11)6-13-10/h2-6H,11H2,1H3. The van der Waals surface area contributed by atoms with Crippen LogP contribution in [0.4, 0.5) is 5.82 Å². The van der Waals surface area contributed by atoms with E-state index in [2.05, 4.69) is 4.98 Å². The van der Waals surface area contributed by atoms with Crippen LogP contribution >= 0.6 is 0 Å². The van der Waals surface area contributed by atoms with Gasteiger partial charge >= 0.3 is 6.08 Å². The average molecular weight is 190 g/mol. The van der Waals surface area contributed by atoms with Crippen LogP contribution in [0.15, 0.2) is 34.9 Å². The third-order valence-corrected chi connectivity index (χ3v) is 1.79. The highest BCUT2D eigenvalue weighted by atomic mass is 16.6. The number of para-hydroxylation sites is 1. The first-order valence-corrected chi connectivity index (χ1v) is 4.20. The quantitative estimate of drug-likeness (QED) is 0.789. The molecule has 0 spiro atoms. The normalized spacial score (nSPS) is 10.1. The lowest BCUT2D eigenvalue weighted by Crippen LogP contribution is -1.88. The van der Waals surface area contributed by atoms with Crippen LogP contribution in [0.3, 0.4) is 0 Å². The van der Waals surface area contributed by atoms with Gasteiger partial charge in [0.25, 0.3) is 0 Å². The Balaban J connectivity index is 2.23. The molecule has 0 atom stereocenters. The van der Waals surface area contributed by atoms with Crippen molar-refractivity contribution >= 4 is 5.82 Å². The van der Waals surface area contributed by atoms with Gasteiger partial charge in [-0.05, 0) is 18.6 Å². The average Bonchev–Trinajstić information content (AvgIpc) is 2.56. The molecular formula is C10H10N2O2. The Bertz CT molecular complexity index is 437. The second-order valence-corrected chi connectivity index (χ2v) is 2.91. The summed E-state index contributed by atoms with van der Waals surface area (Å²) in [6, 6.07) is 7.61. The van der Waals surface area contributed by atoms with Crippen LogP contribution in [-0.4, -0.2) is 4.98 Å². The largest absolute Gasteiger partial charge is 0.415 e. The summed E-state index contributed by atoms with van der Waals surface area (Å²) in [5, 5.41) is 0. The van der Waals surface area contributed by atoms with E-state index in [0.717, 1.165) is 5.56 Å². The second kappa shape index (κ2) is 3.41. The molecule has 4 heteroatoms. The van der Waals surface area contributed by atoms with Crippen molar-refractivity contribution in [2.75, 3.05) is 5.73 Å². The van der Waals surface area contributed by atoms with Gasteiger partial charge in [0, 0.05) is 0 Å². The molecule has 1 aromatic heterocycles. The molecule has 2 N–H and O–H groups in total. The lowest BCUT2D eigenvalue weighted by Gasteiger charge is -2.02. The van der Waals surface area contributed by atoms with Gasteiger partial charge in [-0.2, -0.15) is 4.98 Å². The van der Waals surface area contributed by atoms with Gasteiger partial charge < -0.3 is 14.9 Å². The van der Waals surface area contributed by atoms with Gasteiger partial charge in [-0.1, -0.05) is 18.2 Å². The highest BCUT2D eigenvalue weighted by molar-refractivity contribution is 5.34. The molecule has 0 unspecified atom stereocenters. The molecule has 72 valence electrons. The van der Waals surface area contributed by atoms with Crippen molar-refractivity contribution in [3.63, 3.8) is 0 Å². The Labute approximate surface area is 81.3 Å². The summed E-state index contributed by atoms with van der Waals surface area (Å²) in [5.74, 6) is 1.03. The molecule has 0 bridgehead atoms. The number of benzene rings is 1. The summed E-state index contributed by atoms with van der Waals surface area (Å²) in [7, 11) is 0. The molecule has 2 rings (SSSR count). The summed E-state index contributed by atoms with van der Waals surface area (Å²) >= 11 is 0. The van der Waals surface area contributed by atoms with E-state index in [4.69, 9.17) is 14.9 Å². The highest BCUT2D eigenvalue weighted by Crippen LogP contribution is 2.23. The number of rotatable bonds is 2. The van der Waals surface area contributed by atoms with Gasteiger partial charge in [-0.3, -0.25) is 0 Å². The number of nitrogens with zero attached hydrogens (tertiary/aromatic N) is 1. The van der Waals surface area contributed by atoms with E-state index in [0.29, 0.717) is 11.6 Å². The van der Waals surface area contributed by atoms with Crippen molar-refractivity contribution in [2.24, 2.45) is 0 Å². The summed E-state index contributed by atoms with van der Waals surface area (Å²) < 4.78 is 10.3. The predicted octanol–water partition coefficient (Wildman–Crippen LogP) is 2.36. The molecule has 0 aliphatic carbocycles. The van der Waals surface area contributed by atoms with Gasteiger partial charge in [0.15, 0.2) is 5.82 Å². The van der Waals surface area contributed by atoms with Crippen LogP contribution in [0.5, 0.6) is 11.8 Å². The Kier molecular flexibility index (Phi) is 2.10. The first kappa shape index (κ1) is 8.62. The molecule has 14 heavy (non-hydrogen) atoms. The van der Waals surface area contributed by atoms with Crippen LogP contribution in [-0.2, 0) is 0 Å². The number of anilines is 1. The SMILES string of the molecule is Cc1ccccc1Oc1nc(N)co1. The number of hydrogen-bond donors (Lipinski definition) is 1. The number of hydrogen-bond acceptors (Lipinski definition) is 4. The third-order valence-electron chi connectivity index (χ3n) is 1.79. The fourth-order valence-electron chi connectivity index (χ4n) is 1.08. The third kappa shape index (κ3) is 1.69. The molecule has 2 aromatic rings. The fraction of sp³-hybridized carbons (Fsp3) is 0.100. The van der Waals surface area contributed by atoms with E-state index in [9.17, 15) is 0 Å². The van der Waals surface area contributed by atoms with Crippen LogP contribution in [0.2, 0.25) is 0 Å². The maximum Gasteiger partial charge on any atom is 0.401 e. The number of nitrogens with two attached hydrogens (primary N) is 1. The maximum absolute atomic E-state index is 5.39. The molecule has 4 nitrogen and oxygen atoms in total. The Morgan fingerprint density at radius 1 is 1.36 bits per heavy atom. The Morgan fingerprint density at radius 3 is 2.79 bits per heavy atom. The van der Waals surface area contributed by atoms with Crippen molar-refractivity contribution in [3.05, 3.63) is 36.1 Å². The molecule has 0 amide bonds. The first-order valence-electron chi connectivity index (χ1n) is 4.20. The number of aromatic nitrogens is 1. The lowest BCUT2D eigenvalue weighted by atomic mass is 10.2. The monoisotopic (exact) mass is 190 g/mol. The van der Waals surface area contributed by atoms with Crippen molar-refractivity contribution < 1.29 is 9.15 Å². The van der Waals surface area contributed by atoms with E-state index in [1.54, 1.807) is 0 Å². The van der Waals surface area contributed by atoms with Crippen LogP contribution < -0.4 is 10.5 Å². The second-order valence-electron chi connectivity index (χ2n) is 2.91. The minimum Gasteiger partial charge on any atom is -0.415 e. The molecule has 0 saturated heterocycles. The zero-order valence-corrected chi connectivity index (χ0v) is 7.73. The molecule has 0 saturated carbocycles. The Morgan fingerprint density at radius 2 is 2.14 bits per heavy atom. The van der Waals surface area contributed by atoms with Gasteiger partial charge in [0.05, 0.1) is 0 Å². The lowest BCUT2D eigenvalue weighted by molar-refractivity contribution is 0.329. The minimum absolute atomic E-state index is 0.164. The van der Waals surface area contributed by atoms with Gasteiger partial charge in [-0.15, -0.1) is 0 Å². The van der Waals surface area contributed by atoms with E-state index in [1.807, 2.05) is 31.2 Å². The van der Waals surface area contributed by atoms with E-state index < -0.39 is 0 Å². The summed E-state index contributed by atoms with van der Waals surface area (Å²) in [5.41, 5.74) is 6.40. The minimum atomic E-state index is 0.164. The van der Waals surface area contributed by atoms with Crippen LogP contribution in [0.1, 0.15) is 5.56 Å². The Hall–Kier alpha value is -1.97. The zero-order valence-electron chi connectivity index (χ0n) is 7.73. The van der Waals surface area contributed by atoms with Crippen molar-refractivity contribution in [3.8, 4) is 11.8 Å². The van der Waals surface area contributed by atoms with Gasteiger partial charge in [-0.25, -0.2) is 0 Å². The summed E-state index contributed by atoms with van der Waals surface area (Å²) in [6.45, 7) is 1.95. The maximum atomic E-state index is 5.39. The summed E-state index contributed by atoms with van der Waals surface area (Å²) in [4.78, 5) is 3.84. The van der Waals surface area contributed by atoms with Crippen molar-refractivity contribution in [1.82, 2.24) is 4.98 Å². The topological polar surface area (TPSA) is 61.3 Å². The number of aryl methyl sites for hydroxylation is 1. The van der Waals surface area contributed by atoms with E-state index in [1.165, 1.54) is 6.26 Å². The first-order chi connectivity index (χ1) is 6.75. The zero-order chi connectivity index (χ0) is 9.97. The molecule has 0 aliphatic rings. The molecular weight excluding hydrogens is 180 g/mol. The fourth-order valence-corrected chi connectivity index (χ4v) is 1.08. The van der Waals surface area contributed by atoms with Crippen LogP contribution in [0.25, 0.3) is 0 Å². The number of ether oxygens (including phenoxy) is 1. The predicted molar refractivity (Wildman–Crippen MR) is 52.2 cm³/mol. The molecule has 1 aromatic carbocycles. The van der Waals surface area contributed by atoms with Gasteiger partial charge in [0.2, 0.25) is 0 Å². The highest BCUT2D eigenvalue weighted by Gasteiger charge is 2.05. The summed E-state index contributed by atoms with van der Waals surface area (Å²) in [6.07, 6.45) is 1.50. The molecule has 0 fully saturated rings. The number of nitrogen functional groups attached to an aromatic ring is 1. The van der Waals surface area contributed by atoms with Crippen LogP contribution in [0, 0.1) is 6.92 Å². The number of oxazole rings is 1. The molecule has 0 aliphatic heterocycles. The van der Waals surface area contributed by atoms with Crippen molar-refractivity contribution in [1.29, 1.82) is 0 Å². The van der Waals surface area contributed by atoms with E-state index in [-0.39, 0.29) is 6.08 Å². The smallest absolute Gasteiger partial charge is 0.401 e. The van der Waals surface area contributed by atoms with E-state index >= 15 is 0 Å². The molecule has 0 radical (unpaired) electrons. The van der Waals surface area contributed by atoms with Crippen molar-refractivity contribution in [2.45, 2.75) is 6.92 Å². The van der Waals surface area contributed by atoms with Gasteiger partial charge in [0.1, 0.15) is 12.0 Å². The molecule has 1 heterocycles.